The second-order valence-electron chi connectivity index (χ2n) is 18.3. The van der Waals surface area contributed by atoms with Crippen LogP contribution in [0.25, 0.3) is 27.8 Å². The van der Waals surface area contributed by atoms with Gasteiger partial charge < -0.3 is 24.4 Å². The standard InChI is InChI=1S/C39H55N9O5Si2/c1-38(2,3)53-37(50)47-25-39(26-51-13-15-54(5,6)7,44-36(49)52-14-16-55(8,9)10)35-32(47)24-46(35)33-12-11-27(19-41-33)31-17-28(30-21-42-45(4)22-30)23-48-34(31)29(18-40)20-43-48/h11-12,17,19-23,32,35H,13-16,24-26H2,1-10H3,(H,44,49)/t32-,35+,39?/m0/s1. The predicted molar refractivity (Wildman–Crippen MR) is 218 cm³/mol. The van der Waals surface area contributed by atoms with Gasteiger partial charge in [0.2, 0.25) is 0 Å². The Morgan fingerprint density at radius 1 is 0.982 bits per heavy atom. The Kier molecular flexibility index (Phi) is 11.0. The first-order chi connectivity index (χ1) is 25.8. The molecule has 0 saturated carbocycles. The van der Waals surface area contributed by atoms with E-state index in [1.807, 2.05) is 58.4 Å². The van der Waals surface area contributed by atoms with Crippen molar-refractivity contribution in [2.75, 3.05) is 37.8 Å². The highest BCUT2D eigenvalue weighted by atomic mass is 28.3. The van der Waals surface area contributed by atoms with Crippen LogP contribution in [-0.4, -0.2) is 114 Å². The molecule has 4 aromatic heterocycles. The number of anilines is 1. The maximum Gasteiger partial charge on any atom is 0.410 e. The highest BCUT2D eigenvalue weighted by Crippen LogP contribution is 2.43. The van der Waals surface area contributed by atoms with Gasteiger partial charge in [0.1, 0.15) is 23.0 Å². The maximum atomic E-state index is 13.7. The first-order valence-electron chi connectivity index (χ1n) is 18.9. The number of nitriles is 1. The van der Waals surface area contributed by atoms with E-state index in [9.17, 15) is 14.9 Å². The van der Waals surface area contributed by atoms with Gasteiger partial charge in [-0.05, 0) is 51.1 Å². The molecule has 0 bridgehead atoms. The quantitative estimate of drug-likeness (QED) is 0.122. The summed E-state index contributed by atoms with van der Waals surface area (Å²) in [6, 6.07) is 9.40. The van der Waals surface area contributed by atoms with Crippen molar-refractivity contribution < 1.29 is 23.8 Å². The van der Waals surface area contributed by atoms with Crippen molar-refractivity contribution in [3.63, 3.8) is 0 Å². The zero-order valence-corrected chi connectivity index (χ0v) is 35.8. The van der Waals surface area contributed by atoms with E-state index in [0.717, 1.165) is 34.3 Å². The van der Waals surface area contributed by atoms with Crippen molar-refractivity contribution in [2.24, 2.45) is 7.05 Å². The van der Waals surface area contributed by atoms with Crippen LogP contribution < -0.4 is 10.2 Å². The van der Waals surface area contributed by atoms with Gasteiger partial charge in [0.15, 0.2) is 0 Å². The first-order valence-corrected chi connectivity index (χ1v) is 26.3. The Morgan fingerprint density at radius 2 is 1.71 bits per heavy atom. The number of rotatable bonds is 12. The number of nitrogens with one attached hydrogen (secondary N) is 1. The minimum Gasteiger partial charge on any atom is -0.450 e. The molecular weight excluding hydrogens is 731 g/mol. The fraction of sp³-hybridized carbons (Fsp3) is 0.538. The fourth-order valence-corrected chi connectivity index (χ4v) is 8.63. The summed E-state index contributed by atoms with van der Waals surface area (Å²) < 4.78 is 21.5. The van der Waals surface area contributed by atoms with Gasteiger partial charge in [0.05, 0.1) is 55.3 Å². The highest BCUT2D eigenvalue weighted by Gasteiger charge is 2.64. The monoisotopic (exact) mass is 785 g/mol. The molecule has 1 unspecified atom stereocenters. The van der Waals surface area contributed by atoms with Crippen molar-refractivity contribution >= 4 is 39.7 Å². The maximum absolute atomic E-state index is 13.7. The molecule has 3 atom stereocenters. The largest absolute Gasteiger partial charge is 0.450 e. The third kappa shape index (κ3) is 9.06. The van der Waals surface area contributed by atoms with Gasteiger partial charge in [-0.25, -0.2) is 19.1 Å². The Labute approximate surface area is 325 Å². The summed E-state index contributed by atoms with van der Waals surface area (Å²) in [6.45, 7) is 20.9. The molecule has 16 heteroatoms. The van der Waals surface area contributed by atoms with Crippen LogP contribution in [0.1, 0.15) is 26.3 Å². The Balaban J connectivity index is 1.34. The van der Waals surface area contributed by atoms with E-state index in [0.29, 0.717) is 36.7 Å². The van der Waals surface area contributed by atoms with Crippen LogP contribution in [0.5, 0.6) is 0 Å². The molecular formula is C39H55N9O5Si2. The molecule has 0 radical (unpaired) electrons. The summed E-state index contributed by atoms with van der Waals surface area (Å²) in [5.41, 5.74) is 2.87. The number of aromatic nitrogens is 5. The van der Waals surface area contributed by atoms with Gasteiger partial charge in [0, 0.05) is 77.2 Å². The smallest absolute Gasteiger partial charge is 0.410 e. The average molecular weight is 786 g/mol. The lowest BCUT2D eigenvalue weighted by Gasteiger charge is -2.51. The summed E-state index contributed by atoms with van der Waals surface area (Å²) in [5, 5.41) is 22.0. The van der Waals surface area contributed by atoms with Gasteiger partial charge in [0.25, 0.3) is 0 Å². The number of alkyl carbamates (subject to hydrolysis) is 1. The van der Waals surface area contributed by atoms with Gasteiger partial charge in [-0.2, -0.15) is 15.5 Å². The lowest BCUT2D eigenvalue weighted by molar-refractivity contribution is 0.0185. The number of aryl methyl sites for hydroxylation is 1. The lowest BCUT2D eigenvalue weighted by Crippen LogP contribution is -2.73. The molecule has 4 aromatic rings. The van der Waals surface area contributed by atoms with E-state index >= 15 is 0 Å². The van der Waals surface area contributed by atoms with Crippen LogP contribution in [-0.2, 0) is 21.3 Å². The van der Waals surface area contributed by atoms with E-state index in [1.165, 1.54) is 0 Å². The molecule has 55 heavy (non-hydrogen) atoms. The van der Waals surface area contributed by atoms with Crippen molar-refractivity contribution in [3.05, 3.63) is 54.7 Å². The van der Waals surface area contributed by atoms with Gasteiger partial charge >= 0.3 is 12.2 Å². The molecule has 2 fully saturated rings. The third-order valence-electron chi connectivity index (χ3n) is 10.0. The van der Waals surface area contributed by atoms with Crippen LogP contribution in [0, 0.1) is 11.3 Å². The number of carbonyl (C=O) groups excluding carboxylic acids is 2. The number of amides is 2. The van der Waals surface area contributed by atoms with Crippen LogP contribution >= 0.6 is 0 Å². The lowest BCUT2D eigenvalue weighted by atomic mass is 9.83. The normalized spacial score (nSPS) is 19.9. The number of pyridine rings is 2. The van der Waals surface area contributed by atoms with E-state index in [1.54, 1.807) is 32.7 Å². The number of nitrogens with zero attached hydrogens (tertiary/aromatic N) is 8. The number of likely N-dealkylation sites (tertiary alicyclic amines) is 1. The molecule has 2 aliphatic rings. The van der Waals surface area contributed by atoms with Crippen LogP contribution in [0.3, 0.4) is 0 Å². The van der Waals surface area contributed by atoms with E-state index < -0.39 is 39.5 Å². The molecule has 2 saturated heterocycles. The minimum absolute atomic E-state index is 0.187. The van der Waals surface area contributed by atoms with Crippen LogP contribution in [0.15, 0.2) is 49.2 Å². The number of fused-ring (bicyclic) bond motifs is 2. The van der Waals surface area contributed by atoms with E-state index in [2.05, 4.69) is 65.8 Å². The Morgan fingerprint density at radius 3 is 2.33 bits per heavy atom. The predicted octanol–water partition coefficient (Wildman–Crippen LogP) is 6.63. The zero-order chi connectivity index (χ0) is 39.9. The van der Waals surface area contributed by atoms with Crippen molar-refractivity contribution in [1.82, 2.24) is 34.6 Å². The second-order valence-corrected chi connectivity index (χ2v) is 29.5. The number of ether oxygens (including phenoxy) is 3. The molecule has 0 spiro atoms. The average Bonchev–Trinajstić information content (AvgIpc) is 3.75. The molecule has 0 aliphatic carbocycles. The molecule has 2 aliphatic heterocycles. The topological polar surface area (TPSA) is 152 Å². The van der Waals surface area contributed by atoms with Crippen LogP contribution in [0.4, 0.5) is 15.4 Å². The SMILES string of the molecule is Cn1cc(-c2cc(-c3ccc(N4C[C@H]5[C@@H]4C(COCC[Si](C)(C)C)(NC(=O)OCC[Si](C)(C)C)CN5C(=O)OC(C)(C)C)nc3)c3c(C#N)cnn3c2)cn1. The number of hydrogen-bond acceptors (Lipinski definition) is 10. The Hall–Kier alpha value is -4.73. The molecule has 1 N–H and O–H groups in total. The second kappa shape index (κ2) is 15.1. The summed E-state index contributed by atoms with van der Waals surface area (Å²) in [5.74, 6) is 0.685. The van der Waals surface area contributed by atoms with Gasteiger partial charge in [-0.3, -0.25) is 9.58 Å². The third-order valence-corrected chi connectivity index (χ3v) is 13.5. The summed E-state index contributed by atoms with van der Waals surface area (Å²) in [4.78, 5) is 36.2. The molecule has 0 aromatic carbocycles. The van der Waals surface area contributed by atoms with Crippen molar-refractivity contribution in [1.29, 1.82) is 5.26 Å². The first kappa shape index (κ1) is 40.0. The van der Waals surface area contributed by atoms with Crippen molar-refractivity contribution in [3.8, 4) is 28.3 Å². The zero-order valence-electron chi connectivity index (χ0n) is 33.8. The van der Waals surface area contributed by atoms with E-state index in [4.69, 9.17) is 19.2 Å². The fourth-order valence-electron chi connectivity index (χ4n) is 7.16. The molecule has 2 amide bonds. The number of carbonyl (C=O) groups is 2. The molecule has 6 rings (SSSR count). The highest BCUT2D eigenvalue weighted by molar-refractivity contribution is 6.76. The summed E-state index contributed by atoms with van der Waals surface area (Å²) in [7, 11) is -0.990. The van der Waals surface area contributed by atoms with Gasteiger partial charge in [-0.1, -0.05) is 39.3 Å². The summed E-state index contributed by atoms with van der Waals surface area (Å²) >= 11 is 0. The molecule has 14 nitrogen and oxygen atoms in total. The Bertz CT molecular complexity index is 2070. The number of hydrogen-bond donors (Lipinski definition) is 1. The minimum atomic E-state index is -1.45. The summed E-state index contributed by atoms with van der Waals surface area (Å²) in [6.07, 6.45) is 8.02. The molecule has 6 heterocycles. The van der Waals surface area contributed by atoms with Crippen molar-refractivity contribution in [2.45, 2.75) is 95.4 Å². The van der Waals surface area contributed by atoms with Crippen LogP contribution in [0.2, 0.25) is 51.4 Å². The van der Waals surface area contributed by atoms with Gasteiger partial charge in [-0.15, -0.1) is 0 Å². The molecule has 294 valence electrons. The van der Waals surface area contributed by atoms with E-state index in [-0.39, 0.29) is 25.2 Å².